The van der Waals surface area contributed by atoms with E-state index in [9.17, 15) is 0 Å². The fourth-order valence-electron chi connectivity index (χ4n) is 1.78. The fraction of sp³-hybridized carbons (Fsp3) is 0.462. The molecule has 0 aromatic heterocycles. The molecule has 0 amide bonds. The number of halogens is 2. The number of rotatable bonds is 3. The first-order chi connectivity index (χ1) is 9.10. The lowest BCUT2D eigenvalue weighted by Crippen LogP contribution is -2.40. The Morgan fingerprint density at radius 1 is 1.40 bits per heavy atom. The highest BCUT2D eigenvalue weighted by molar-refractivity contribution is 14.0. The van der Waals surface area contributed by atoms with Crippen molar-refractivity contribution < 1.29 is 9.47 Å². The van der Waals surface area contributed by atoms with Crippen LogP contribution in [0.1, 0.15) is 19.4 Å². The molecule has 1 aliphatic heterocycles. The third-order valence-electron chi connectivity index (χ3n) is 2.60. The number of fused-ring (bicyclic) bond motifs is 1. The Labute approximate surface area is 144 Å². The molecule has 0 saturated carbocycles. The number of aliphatic imine (C=N–C) groups is 1. The Balaban J connectivity index is 0.00000200. The molecule has 7 heteroatoms. The second-order valence-corrected chi connectivity index (χ2v) is 5.39. The average Bonchev–Trinajstić information content (AvgIpc) is 2.82. The molecule has 0 fully saturated rings. The van der Waals surface area contributed by atoms with E-state index in [4.69, 9.17) is 9.47 Å². The summed E-state index contributed by atoms with van der Waals surface area (Å²) in [6.45, 7) is 5.09. The van der Waals surface area contributed by atoms with Crippen LogP contribution < -0.4 is 20.1 Å². The maximum atomic E-state index is 5.39. The lowest BCUT2D eigenvalue weighted by molar-refractivity contribution is 0.173. The summed E-state index contributed by atoms with van der Waals surface area (Å²) in [7, 11) is 1.76. The number of hydrogen-bond acceptors (Lipinski definition) is 3. The molecule has 2 N–H and O–H groups in total. The first kappa shape index (κ1) is 17.4. The highest BCUT2D eigenvalue weighted by Crippen LogP contribution is 2.39. The van der Waals surface area contributed by atoms with Crippen molar-refractivity contribution in [1.29, 1.82) is 0 Å². The number of nitrogens with one attached hydrogen (secondary N) is 2. The van der Waals surface area contributed by atoms with Crippen LogP contribution in [-0.2, 0) is 6.54 Å². The van der Waals surface area contributed by atoms with Crippen LogP contribution in [0, 0.1) is 0 Å². The van der Waals surface area contributed by atoms with Crippen LogP contribution >= 0.6 is 39.9 Å². The molecule has 0 radical (unpaired) electrons. The molecule has 2 rings (SSSR count). The van der Waals surface area contributed by atoms with E-state index >= 15 is 0 Å². The van der Waals surface area contributed by atoms with E-state index in [0.29, 0.717) is 12.6 Å². The van der Waals surface area contributed by atoms with E-state index < -0.39 is 0 Å². The normalized spacial score (nSPS) is 13.2. The van der Waals surface area contributed by atoms with Crippen molar-refractivity contribution in [3.63, 3.8) is 0 Å². The molecule has 0 spiro atoms. The molecule has 0 aliphatic carbocycles. The first-order valence-corrected chi connectivity index (χ1v) is 6.94. The van der Waals surface area contributed by atoms with Gasteiger partial charge in [0.25, 0.3) is 0 Å². The summed E-state index contributed by atoms with van der Waals surface area (Å²) < 4.78 is 11.7. The molecule has 112 valence electrons. The van der Waals surface area contributed by atoms with Gasteiger partial charge in [-0.1, -0.05) is 0 Å². The number of nitrogens with zero attached hydrogens (tertiary/aromatic N) is 1. The van der Waals surface area contributed by atoms with Crippen LogP contribution in [0.2, 0.25) is 0 Å². The summed E-state index contributed by atoms with van der Waals surface area (Å²) in [5.41, 5.74) is 1.10. The third kappa shape index (κ3) is 4.41. The lowest BCUT2D eigenvalue weighted by atomic mass is 10.2. The zero-order chi connectivity index (χ0) is 13.8. The molecule has 20 heavy (non-hydrogen) atoms. The molecular formula is C13H19BrIN3O2. The quantitative estimate of drug-likeness (QED) is 0.418. The van der Waals surface area contributed by atoms with Crippen LogP contribution in [0.25, 0.3) is 0 Å². The monoisotopic (exact) mass is 455 g/mol. The predicted molar refractivity (Wildman–Crippen MR) is 94.2 cm³/mol. The minimum atomic E-state index is 0. The van der Waals surface area contributed by atoms with E-state index in [0.717, 1.165) is 27.5 Å². The van der Waals surface area contributed by atoms with E-state index in [-0.39, 0.29) is 30.8 Å². The third-order valence-corrected chi connectivity index (χ3v) is 3.19. The molecule has 0 bridgehead atoms. The van der Waals surface area contributed by atoms with Gasteiger partial charge in [0.05, 0.1) is 4.47 Å². The van der Waals surface area contributed by atoms with Gasteiger partial charge < -0.3 is 20.1 Å². The second kappa shape index (κ2) is 7.92. The van der Waals surface area contributed by atoms with Gasteiger partial charge in [-0.3, -0.25) is 4.99 Å². The molecule has 1 heterocycles. The smallest absolute Gasteiger partial charge is 0.231 e. The van der Waals surface area contributed by atoms with Crippen molar-refractivity contribution in [3.05, 3.63) is 22.2 Å². The van der Waals surface area contributed by atoms with E-state index in [2.05, 4.69) is 45.4 Å². The van der Waals surface area contributed by atoms with Crippen LogP contribution in [0.4, 0.5) is 0 Å². The van der Waals surface area contributed by atoms with Gasteiger partial charge in [-0.2, -0.15) is 0 Å². The Kier molecular flexibility index (Phi) is 6.87. The Hall–Kier alpha value is -0.700. The van der Waals surface area contributed by atoms with Gasteiger partial charge in [0, 0.05) is 19.6 Å². The standard InChI is InChI=1S/C13H18BrN3O2.HI/c1-8(2)17-13(15-3)16-6-9-4-10(14)12-11(5-9)18-7-19-12;/h4-5,8H,6-7H2,1-3H3,(H2,15,16,17);1H. The summed E-state index contributed by atoms with van der Waals surface area (Å²) in [5.74, 6) is 2.33. The Bertz CT molecular complexity index is 495. The average molecular weight is 456 g/mol. The predicted octanol–water partition coefficient (Wildman–Crippen LogP) is 2.87. The molecular weight excluding hydrogens is 437 g/mol. The molecule has 0 atom stereocenters. The van der Waals surface area contributed by atoms with Crippen molar-refractivity contribution in [2.24, 2.45) is 4.99 Å². The number of guanidine groups is 1. The molecule has 0 saturated heterocycles. The van der Waals surface area contributed by atoms with Gasteiger partial charge in [-0.05, 0) is 47.5 Å². The minimum absolute atomic E-state index is 0. The van der Waals surface area contributed by atoms with Crippen molar-refractivity contribution >= 4 is 45.9 Å². The van der Waals surface area contributed by atoms with E-state index in [1.165, 1.54) is 0 Å². The zero-order valence-electron chi connectivity index (χ0n) is 11.7. The molecule has 1 aliphatic rings. The number of ether oxygens (including phenoxy) is 2. The second-order valence-electron chi connectivity index (χ2n) is 4.54. The molecule has 1 aromatic rings. The van der Waals surface area contributed by atoms with Crippen molar-refractivity contribution in [2.75, 3.05) is 13.8 Å². The maximum absolute atomic E-state index is 5.39. The highest BCUT2D eigenvalue weighted by atomic mass is 127. The summed E-state index contributed by atoms with van der Waals surface area (Å²) in [4.78, 5) is 4.16. The Morgan fingerprint density at radius 2 is 2.15 bits per heavy atom. The molecule has 5 nitrogen and oxygen atoms in total. The van der Waals surface area contributed by atoms with Crippen molar-refractivity contribution in [2.45, 2.75) is 26.4 Å². The van der Waals surface area contributed by atoms with Crippen molar-refractivity contribution in [3.8, 4) is 11.5 Å². The Morgan fingerprint density at radius 3 is 2.80 bits per heavy atom. The van der Waals surface area contributed by atoms with Crippen LogP contribution in [0.5, 0.6) is 11.5 Å². The first-order valence-electron chi connectivity index (χ1n) is 6.15. The van der Waals surface area contributed by atoms with E-state index in [1.807, 2.05) is 12.1 Å². The SMILES string of the molecule is CN=C(NCc1cc(Br)c2c(c1)OCO2)NC(C)C.I. The van der Waals surface area contributed by atoms with Gasteiger partial charge in [0.2, 0.25) is 6.79 Å². The topological polar surface area (TPSA) is 54.9 Å². The zero-order valence-corrected chi connectivity index (χ0v) is 15.6. The molecule has 1 aromatic carbocycles. The maximum Gasteiger partial charge on any atom is 0.231 e. The summed E-state index contributed by atoms with van der Waals surface area (Å²) in [5, 5.41) is 6.50. The summed E-state index contributed by atoms with van der Waals surface area (Å²) in [6.07, 6.45) is 0. The van der Waals surface area contributed by atoms with Gasteiger partial charge in [-0.25, -0.2) is 0 Å². The van der Waals surface area contributed by atoms with Gasteiger partial charge in [-0.15, -0.1) is 24.0 Å². The van der Waals surface area contributed by atoms with Gasteiger partial charge >= 0.3 is 0 Å². The van der Waals surface area contributed by atoms with Gasteiger partial charge in [0.15, 0.2) is 17.5 Å². The van der Waals surface area contributed by atoms with Crippen LogP contribution in [0.15, 0.2) is 21.6 Å². The lowest BCUT2D eigenvalue weighted by Gasteiger charge is -2.14. The van der Waals surface area contributed by atoms with Crippen LogP contribution in [0.3, 0.4) is 0 Å². The van der Waals surface area contributed by atoms with Crippen molar-refractivity contribution in [1.82, 2.24) is 10.6 Å². The number of benzene rings is 1. The highest BCUT2D eigenvalue weighted by Gasteiger charge is 2.17. The molecule has 0 unspecified atom stereocenters. The van der Waals surface area contributed by atoms with E-state index in [1.54, 1.807) is 7.05 Å². The van der Waals surface area contributed by atoms with Crippen LogP contribution in [-0.4, -0.2) is 25.8 Å². The summed E-state index contributed by atoms with van der Waals surface area (Å²) in [6, 6.07) is 4.33. The summed E-state index contributed by atoms with van der Waals surface area (Å²) >= 11 is 3.48. The number of hydrogen-bond donors (Lipinski definition) is 2. The minimum Gasteiger partial charge on any atom is -0.454 e. The van der Waals surface area contributed by atoms with Gasteiger partial charge in [0.1, 0.15) is 0 Å². The fourth-order valence-corrected chi connectivity index (χ4v) is 2.38. The largest absolute Gasteiger partial charge is 0.454 e.